The molecule has 50 heavy (non-hydrogen) atoms. The first-order valence-corrected chi connectivity index (χ1v) is 19.7. The van der Waals surface area contributed by atoms with Gasteiger partial charge in [0.05, 0.1) is 0 Å². The van der Waals surface area contributed by atoms with Gasteiger partial charge in [0.15, 0.2) is 0 Å². The quantitative estimate of drug-likeness (QED) is 0.147. The van der Waals surface area contributed by atoms with E-state index in [1.165, 1.54) is 85.6 Å². The number of thiophene rings is 2. The molecule has 9 aromatic rings. The fourth-order valence-electron chi connectivity index (χ4n) is 6.95. The zero-order valence-electron chi connectivity index (χ0n) is 26.7. The first-order chi connectivity index (χ1) is 24.6. The van der Waals surface area contributed by atoms with Crippen LogP contribution in [0.4, 0.5) is 0 Å². The van der Waals surface area contributed by atoms with Crippen molar-refractivity contribution in [2.24, 2.45) is 0 Å². The summed E-state index contributed by atoms with van der Waals surface area (Å²) in [6.07, 6.45) is 0. The zero-order chi connectivity index (χ0) is 33.6. The van der Waals surface area contributed by atoms with Gasteiger partial charge in [0, 0.05) is 28.5 Å². The van der Waals surface area contributed by atoms with E-state index in [4.69, 9.17) is 0 Å². The lowest BCUT2D eigenvalue weighted by Crippen LogP contribution is -1.92. The summed E-state index contributed by atoms with van der Waals surface area (Å²) in [5.74, 6) is 0. The predicted molar refractivity (Wildman–Crippen MR) is 225 cm³/mol. The van der Waals surface area contributed by atoms with Gasteiger partial charge < -0.3 is 0 Å². The minimum Gasteiger partial charge on any atom is -0.135 e. The van der Waals surface area contributed by atoms with E-state index < -0.39 is 0 Å². The van der Waals surface area contributed by atoms with E-state index in [9.17, 15) is 0 Å². The van der Waals surface area contributed by atoms with Gasteiger partial charge in [0.25, 0.3) is 0 Å². The Morgan fingerprint density at radius 1 is 0.280 bits per heavy atom. The van der Waals surface area contributed by atoms with Crippen molar-refractivity contribution >= 4 is 76.1 Å². The second-order valence-corrected chi connectivity index (χ2v) is 16.4. The molecule has 2 heterocycles. The minimum atomic E-state index is 1.07. The van der Waals surface area contributed by atoms with Gasteiger partial charge in [-0.3, -0.25) is 0 Å². The predicted octanol–water partition coefficient (Wildman–Crippen LogP) is 15.6. The van der Waals surface area contributed by atoms with Gasteiger partial charge in [-0.05, 0) is 127 Å². The summed E-state index contributed by atoms with van der Waals surface area (Å²) in [7, 11) is 0. The highest BCUT2D eigenvalue weighted by molar-refractivity contribution is 9.10. The fourth-order valence-corrected chi connectivity index (χ4v) is 9.69. The summed E-state index contributed by atoms with van der Waals surface area (Å²) in [5, 5.41) is 4.92. The maximum Gasteiger partial charge on any atom is 0.0349 e. The van der Waals surface area contributed by atoms with Gasteiger partial charge in [-0.2, -0.15) is 0 Å². The molecule has 0 saturated heterocycles. The number of hydrogen-bond acceptors (Lipinski definition) is 2. The van der Waals surface area contributed by atoms with Crippen molar-refractivity contribution in [2.45, 2.75) is 0 Å². The summed E-state index contributed by atoms with van der Waals surface area (Å²) < 4.78 is 2.13. The number of hydrogen-bond donors (Lipinski definition) is 0. The fraction of sp³-hybridized carbons (Fsp3) is 0. The standard InChI is InChI=1S/C46H28Br2S2/c47-35-18-20-38-39(27-35)45(33-15-7-13-31(25-33)43-23-21-41(49-43)29-9-3-1-4-10-29)37-19-17-36(48)28-40(37)46(38)34-16-8-14-32(26-34)44-24-22-42(50-44)30-11-5-2-6-12-30/h1-28H. The van der Waals surface area contributed by atoms with Gasteiger partial charge in [-0.15, -0.1) is 22.7 Å². The van der Waals surface area contributed by atoms with Crippen LogP contribution in [-0.4, -0.2) is 0 Å². The second kappa shape index (κ2) is 13.3. The molecule has 0 saturated carbocycles. The van der Waals surface area contributed by atoms with Crippen LogP contribution in [0, 0.1) is 0 Å². The Bertz CT molecular complexity index is 2480. The average Bonchev–Trinajstić information content (AvgIpc) is 3.87. The molecule has 0 atom stereocenters. The molecule has 0 unspecified atom stereocenters. The lowest BCUT2D eigenvalue weighted by atomic mass is 9.85. The van der Waals surface area contributed by atoms with E-state index in [1.807, 2.05) is 22.7 Å². The smallest absolute Gasteiger partial charge is 0.0349 e. The highest BCUT2D eigenvalue weighted by Crippen LogP contribution is 2.47. The molecule has 238 valence electrons. The third kappa shape index (κ3) is 5.87. The van der Waals surface area contributed by atoms with Crippen LogP contribution in [0.5, 0.6) is 0 Å². The van der Waals surface area contributed by atoms with E-state index in [0.717, 1.165) is 8.95 Å². The Morgan fingerprint density at radius 2 is 0.640 bits per heavy atom. The topological polar surface area (TPSA) is 0 Å². The highest BCUT2D eigenvalue weighted by Gasteiger charge is 2.19. The Hall–Kier alpha value is -4.58. The molecule has 0 radical (unpaired) electrons. The first kappa shape index (κ1) is 31.4. The molecule has 2 aromatic heterocycles. The van der Waals surface area contributed by atoms with Crippen molar-refractivity contribution in [3.63, 3.8) is 0 Å². The molecular formula is C46H28Br2S2. The minimum absolute atomic E-state index is 1.07. The van der Waals surface area contributed by atoms with E-state index >= 15 is 0 Å². The van der Waals surface area contributed by atoms with Crippen LogP contribution in [0.1, 0.15) is 0 Å². The van der Waals surface area contributed by atoms with Crippen LogP contribution in [-0.2, 0) is 0 Å². The zero-order valence-corrected chi connectivity index (χ0v) is 31.5. The molecule has 0 aliphatic rings. The molecule has 9 rings (SSSR count). The van der Waals surface area contributed by atoms with E-state index in [-0.39, 0.29) is 0 Å². The molecule has 0 fully saturated rings. The second-order valence-electron chi connectivity index (χ2n) is 12.4. The summed E-state index contributed by atoms with van der Waals surface area (Å²) >= 11 is 11.3. The van der Waals surface area contributed by atoms with Gasteiger partial charge >= 0.3 is 0 Å². The van der Waals surface area contributed by atoms with Crippen molar-refractivity contribution in [3.05, 3.63) is 179 Å². The van der Waals surface area contributed by atoms with Gasteiger partial charge in [-0.1, -0.05) is 141 Å². The van der Waals surface area contributed by atoms with Crippen molar-refractivity contribution in [1.29, 1.82) is 0 Å². The number of benzene rings is 7. The van der Waals surface area contributed by atoms with Gasteiger partial charge in [-0.25, -0.2) is 0 Å². The molecule has 0 bridgehead atoms. The average molecular weight is 805 g/mol. The highest BCUT2D eigenvalue weighted by atomic mass is 79.9. The van der Waals surface area contributed by atoms with Crippen LogP contribution in [0.25, 0.3) is 85.6 Å². The summed E-state index contributed by atoms with van der Waals surface area (Å²) in [4.78, 5) is 5.09. The number of fused-ring (bicyclic) bond motifs is 2. The van der Waals surface area contributed by atoms with E-state index in [1.54, 1.807) is 0 Å². The largest absolute Gasteiger partial charge is 0.135 e. The van der Waals surface area contributed by atoms with E-state index in [0.29, 0.717) is 0 Å². The Morgan fingerprint density at radius 3 is 1.06 bits per heavy atom. The van der Waals surface area contributed by atoms with Crippen LogP contribution in [0.15, 0.2) is 179 Å². The Balaban J connectivity index is 1.22. The van der Waals surface area contributed by atoms with Crippen LogP contribution < -0.4 is 0 Å². The van der Waals surface area contributed by atoms with Crippen molar-refractivity contribution < 1.29 is 0 Å². The van der Waals surface area contributed by atoms with Crippen molar-refractivity contribution in [2.75, 3.05) is 0 Å². The molecule has 0 amide bonds. The Kier molecular flexibility index (Phi) is 8.34. The Labute approximate surface area is 316 Å². The number of halogens is 2. The molecular weight excluding hydrogens is 776 g/mol. The molecule has 0 N–H and O–H groups in total. The normalized spacial score (nSPS) is 11.4. The molecule has 0 nitrogen and oxygen atoms in total. The summed E-state index contributed by atoms with van der Waals surface area (Å²) in [6.45, 7) is 0. The summed E-state index contributed by atoms with van der Waals surface area (Å²) in [6, 6.07) is 61.8. The lowest BCUT2D eigenvalue weighted by Gasteiger charge is -2.19. The van der Waals surface area contributed by atoms with Gasteiger partial charge in [0.1, 0.15) is 0 Å². The first-order valence-electron chi connectivity index (χ1n) is 16.5. The van der Waals surface area contributed by atoms with Crippen LogP contribution in [0.3, 0.4) is 0 Å². The van der Waals surface area contributed by atoms with Crippen molar-refractivity contribution in [3.8, 4) is 64.0 Å². The van der Waals surface area contributed by atoms with Gasteiger partial charge in [0.2, 0.25) is 0 Å². The maximum absolute atomic E-state index is 3.83. The monoisotopic (exact) mass is 802 g/mol. The SMILES string of the molecule is Brc1ccc2c(-c3cccc(-c4ccc(-c5ccccc5)s4)c3)c3cc(Br)ccc3c(-c3cccc(-c4ccc(-c5ccccc5)s4)c3)c2c1. The summed E-state index contributed by atoms with van der Waals surface area (Å²) in [5.41, 5.74) is 9.87. The lowest BCUT2D eigenvalue weighted by molar-refractivity contribution is 1.63. The van der Waals surface area contributed by atoms with Crippen LogP contribution >= 0.6 is 54.5 Å². The van der Waals surface area contributed by atoms with Crippen molar-refractivity contribution in [1.82, 2.24) is 0 Å². The van der Waals surface area contributed by atoms with Crippen LogP contribution in [0.2, 0.25) is 0 Å². The molecule has 0 aliphatic carbocycles. The molecule has 7 aromatic carbocycles. The maximum atomic E-state index is 3.83. The third-order valence-corrected chi connectivity index (χ3v) is 12.6. The molecule has 0 aliphatic heterocycles. The third-order valence-electron chi connectivity index (χ3n) is 9.24. The van der Waals surface area contributed by atoms with E-state index in [2.05, 4.69) is 202 Å². The number of rotatable bonds is 6. The molecule has 4 heteroatoms. The molecule has 0 spiro atoms.